The first-order valence-electron chi connectivity index (χ1n) is 13.4. The van der Waals surface area contributed by atoms with Crippen LogP contribution < -0.4 is 5.73 Å². The quantitative estimate of drug-likeness (QED) is 0.325. The molecule has 2 N–H and O–H groups in total. The van der Waals surface area contributed by atoms with E-state index in [1.165, 1.54) is 24.4 Å². The van der Waals surface area contributed by atoms with Crippen molar-refractivity contribution in [2.75, 3.05) is 0 Å². The van der Waals surface area contributed by atoms with Crippen molar-refractivity contribution in [1.29, 1.82) is 0 Å². The zero-order chi connectivity index (χ0) is 24.5. The molecule has 4 aromatic rings. The van der Waals surface area contributed by atoms with E-state index < -0.39 is 5.54 Å². The van der Waals surface area contributed by atoms with Gasteiger partial charge in [-0.05, 0) is 61.2 Å². The third-order valence-corrected chi connectivity index (χ3v) is 9.08. The monoisotopic (exact) mass is 499 g/mol. The number of fused-ring (bicyclic) bond motifs is 1. The van der Waals surface area contributed by atoms with Gasteiger partial charge in [-0.15, -0.1) is 5.10 Å². The number of hydrogen-bond donors (Lipinski definition) is 1. The fourth-order valence-electron chi connectivity index (χ4n) is 6.97. The molecule has 1 amide bonds. The van der Waals surface area contributed by atoms with Gasteiger partial charge in [0.05, 0.1) is 11.0 Å². The van der Waals surface area contributed by atoms with Gasteiger partial charge in [0.2, 0.25) is 5.91 Å². The van der Waals surface area contributed by atoms with E-state index in [-0.39, 0.29) is 17.7 Å². The third kappa shape index (κ3) is 3.84. The molecule has 6 nitrogen and oxygen atoms in total. The molecule has 0 spiro atoms. The normalized spacial score (nSPS) is 18.0. The van der Waals surface area contributed by atoms with Crippen LogP contribution in [-0.2, 0) is 10.3 Å². The Bertz CT molecular complexity index is 1310. The Morgan fingerprint density at radius 3 is 2.06 bits per heavy atom. The summed E-state index contributed by atoms with van der Waals surface area (Å²) >= 11 is 1.35. The average Bonchev–Trinajstić information content (AvgIpc) is 3.60. The molecule has 6 rings (SSSR count). The lowest BCUT2D eigenvalue weighted by Crippen LogP contribution is -2.58. The number of aromatic nitrogens is 4. The molecule has 0 radical (unpaired) electrons. The van der Waals surface area contributed by atoms with Gasteiger partial charge in [0.1, 0.15) is 17.1 Å². The largest absolute Gasteiger partial charge is 0.368 e. The van der Waals surface area contributed by atoms with Gasteiger partial charge >= 0.3 is 0 Å². The third-order valence-electron chi connectivity index (χ3n) is 8.58. The highest BCUT2D eigenvalue weighted by atomic mass is 32.1. The van der Waals surface area contributed by atoms with Crippen LogP contribution in [0.5, 0.6) is 0 Å². The van der Waals surface area contributed by atoms with Crippen molar-refractivity contribution in [3.63, 3.8) is 0 Å². The van der Waals surface area contributed by atoms with E-state index >= 15 is 0 Å². The highest BCUT2D eigenvalue weighted by Gasteiger charge is 2.53. The van der Waals surface area contributed by atoms with Gasteiger partial charge in [-0.2, -0.15) is 0 Å². The van der Waals surface area contributed by atoms with Gasteiger partial charge < -0.3 is 10.3 Å². The van der Waals surface area contributed by atoms with Crippen molar-refractivity contribution in [2.45, 2.75) is 69.7 Å². The highest BCUT2D eigenvalue weighted by Crippen LogP contribution is 2.50. The molecule has 2 aliphatic carbocycles. The first-order chi connectivity index (χ1) is 17.7. The van der Waals surface area contributed by atoms with E-state index in [9.17, 15) is 4.79 Å². The molecule has 0 unspecified atom stereocenters. The lowest BCUT2D eigenvalue weighted by Gasteiger charge is -2.48. The maximum absolute atomic E-state index is 13.9. The summed E-state index contributed by atoms with van der Waals surface area (Å²) in [5, 5.41) is 6.17. The molecule has 2 heterocycles. The predicted molar refractivity (Wildman–Crippen MR) is 144 cm³/mol. The number of nitrogens with zero attached hydrogens (tertiary/aromatic N) is 4. The van der Waals surface area contributed by atoms with Crippen LogP contribution in [0.25, 0.3) is 33.7 Å². The fraction of sp³-hybridized carbons (Fsp3) is 0.448. The van der Waals surface area contributed by atoms with Gasteiger partial charge in [0, 0.05) is 16.5 Å². The molecular formula is C29H33N5OS. The van der Waals surface area contributed by atoms with Crippen molar-refractivity contribution >= 4 is 28.5 Å². The Balaban J connectivity index is 1.59. The summed E-state index contributed by atoms with van der Waals surface area (Å²) in [5.74, 6) is 1.11. The highest BCUT2D eigenvalue weighted by molar-refractivity contribution is 7.03. The number of benzene rings is 2. The van der Waals surface area contributed by atoms with Crippen LogP contribution >= 0.6 is 11.5 Å². The van der Waals surface area contributed by atoms with E-state index in [4.69, 9.17) is 10.7 Å². The van der Waals surface area contributed by atoms with Gasteiger partial charge in [0.25, 0.3) is 0 Å². The number of imidazole rings is 1. The molecule has 7 heteroatoms. The number of amides is 1. The molecule has 2 fully saturated rings. The van der Waals surface area contributed by atoms with E-state index in [1.54, 1.807) is 0 Å². The lowest BCUT2D eigenvalue weighted by atomic mass is 9.63. The summed E-state index contributed by atoms with van der Waals surface area (Å²) < 4.78 is 6.29. The van der Waals surface area contributed by atoms with E-state index in [0.717, 1.165) is 85.0 Å². The molecule has 2 aromatic heterocycles. The van der Waals surface area contributed by atoms with Gasteiger partial charge in [-0.1, -0.05) is 79.4 Å². The number of rotatable bonds is 6. The zero-order valence-corrected chi connectivity index (χ0v) is 21.4. The Hall–Kier alpha value is -3.06. The summed E-state index contributed by atoms with van der Waals surface area (Å²) in [7, 11) is 0. The number of primary amides is 1. The van der Waals surface area contributed by atoms with Crippen LogP contribution in [0.3, 0.4) is 0 Å². The second-order valence-corrected chi connectivity index (χ2v) is 11.1. The first kappa shape index (κ1) is 23.3. The van der Waals surface area contributed by atoms with Crippen LogP contribution in [0.1, 0.15) is 64.2 Å². The van der Waals surface area contributed by atoms with Crippen LogP contribution in [0.2, 0.25) is 0 Å². The van der Waals surface area contributed by atoms with Crippen LogP contribution in [0.4, 0.5) is 0 Å². The number of carbonyl (C=O) groups is 1. The molecule has 2 aromatic carbocycles. The van der Waals surface area contributed by atoms with Crippen LogP contribution in [-0.4, -0.2) is 25.0 Å². The number of carbonyl (C=O) groups excluding carboxylic acids is 1. The van der Waals surface area contributed by atoms with E-state index in [1.807, 2.05) is 11.4 Å². The van der Waals surface area contributed by atoms with E-state index in [0.29, 0.717) is 0 Å². The Labute approximate surface area is 216 Å². The van der Waals surface area contributed by atoms with Crippen molar-refractivity contribution in [2.24, 2.45) is 17.6 Å². The van der Waals surface area contributed by atoms with Crippen LogP contribution in [0, 0.1) is 11.8 Å². The molecule has 2 aliphatic rings. The summed E-state index contributed by atoms with van der Waals surface area (Å²) in [6.07, 6.45) is 11.3. The lowest BCUT2D eigenvalue weighted by molar-refractivity contribution is -0.135. The molecule has 36 heavy (non-hydrogen) atoms. The second-order valence-electron chi connectivity index (χ2n) is 10.5. The number of para-hydroxylation sites is 2. The maximum Gasteiger partial charge on any atom is 0.244 e. The Morgan fingerprint density at radius 1 is 0.861 bits per heavy atom. The minimum atomic E-state index is -0.774. The van der Waals surface area contributed by atoms with Crippen molar-refractivity contribution in [3.8, 4) is 22.6 Å². The summed E-state index contributed by atoms with van der Waals surface area (Å²) in [4.78, 5) is 19.1. The second kappa shape index (κ2) is 9.77. The first-order valence-corrected chi connectivity index (χ1v) is 14.2. The Morgan fingerprint density at radius 2 is 1.47 bits per heavy atom. The summed E-state index contributed by atoms with van der Waals surface area (Å²) in [6.45, 7) is 0. The summed E-state index contributed by atoms with van der Waals surface area (Å²) in [5.41, 5.74) is 10.6. The standard InChI is InChI=1S/C29H33N5OS/c30-28(35)29(22-9-3-1-4-10-22,23-11-5-2-6-12-23)34-26-14-8-7-13-24(26)31-27(34)21-17-15-20(16-18-21)25-19-36-33-32-25/h7-8,13-19,22-23H,1-6,9-12H2,(H2,30,35). The fourth-order valence-corrected chi connectivity index (χ4v) is 7.44. The average molecular weight is 500 g/mol. The topological polar surface area (TPSA) is 86.7 Å². The SMILES string of the molecule is NC(=O)C(C1CCCCC1)(C1CCCCC1)n1c(-c2ccc(-c3csnn3)cc2)nc2ccccc21. The molecule has 2 saturated carbocycles. The van der Waals surface area contributed by atoms with Gasteiger partial charge in [-0.3, -0.25) is 4.79 Å². The van der Waals surface area contributed by atoms with Crippen LogP contribution in [0.15, 0.2) is 53.9 Å². The van der Waals surface area contributed by atoms with Crippen molar-refractivity contribution in [1.82, 2.24) is 19.1 Å². The molecule has 186 valence electrons. The number of nitrogens with two attached hydrogens (primary N) is 1. The maximum atomic E-state index is 13.9. The Kier molecular flexibility index (Phi) is 6.34. The molecule has 0 saturated heterocycles. The zero-order valence-electron chi connectivity index (χ0n) is 20.6. The molecule has 0 aliphatic heterocycles. The smallest absolute Gasteiger partial charge is 0.244 e. The minimum Gasteiger partial charge on any atom is -0.368 e. The van der Waals surface area contributed by atoms with Crippen molar-refractivity contribution in [3.05, 3.63) is 53.9 Å². The van der Waals surface area contributed by atoms with Crippen molar-refractivity contribution < 1.29 is 4.79 Å². The number of hydrogen-bond acceptors (Lipinski definition) is 5. The van der Waals surface area contributed by atoms with E-state index in [2.05, 4.69) is 56.6 Å². The predicted octanol–water partition coefficient (Wildman–Crippen LogP) is 6.56. The molecule has 0 bridgehead atoms. The van der Waals surface area contributed by atoms with Gasteiger partial charge in [-0.25, -0.2) is 4.98 Å². The minimum absolute atomic E-state index is 0.184. The molecule has 0 atom stereocenters. The summed E-state index contributed by atoms with van der Waals surface area (Å²) in [6, 6.07) is 16.6. The van der Waals surface area contributed by atoms with Gasteiger partial charge in [0.15, 0.2) is 0 Å². The molecular weight excluding hydrogens is 466 g/mol.